The van der Waals surface area contributed by atoms with Gasteiger partial charge in [0, 0.05) is 24.8 Å². The number of aromatic nitrogens is 3. The van der Waals surface area contributed by atoms with Crippen molar-refractivity contribution in [1.29, 1.82) is 0 Å². The largest absolute Gasteiger partial charge is 0.356 e. The average Bonchev–Trinajstić information content (AvgIpc) is 2.72. The summed E-state index contributed by atoms with van der Waals surface area (Å²) in [6, 6.07) is 0.269. The number of rotatable bonds is 7. The highest BCUT2D eigenvalue weighted by atomic mass is 32.2. The topological polar surface area (TPSA) is 85.8 Å². The van der Waals surface area contributed by atoms with Crippen LogP contribution >= 0.6 is 11.8 Å². The predicted octanol–water partition coefficient (Wildman–Crippen LogP) is 0.936. The van der Waals surface area contributed by atoms with E-state index in [1.165, 1.54) is 11.8 Å². The Morgan fingerprint density at radius 3 is 2.78 bits per heavy atom. The summed E-state index contributed by atoms with van der Waals surface area (Å²) in [6.45, 7) is 7.09. The number of carbonyl (C=O) groups excluding carboxylic acids is 1. The third kappa shape index (κ3) is 3.99. The zero-order chi connectivity index (χ0) is 13.5. The van der Waals surface area contributed by atoms with Crippen LogP contribution in [-0.4, -0.2) is 33.0 Å². The SMILES string of the molecule is CCNC(=O)CCSc1nnc(CN)n1C(C)C. The Kier molecular flexibility index (Phi) is 6.14. The van der Waals surface area contributed by atoms with Crippen LogP contribution in [-0.2, 0) is 11.3 Å². The molecular weight excluding hydrogens is 250 g/mol. The molecular formula is C11H21N5OS. The maximum absolute atomic E-state index is 11.3. The second-order valence-electron chi connectivity index (χ2n) is 4.12. The quantitative estimate of drug-likeness (QED) is 0.721. The Labute approximate surface area is 112 Å². The van der Waals surface area contributed by atoms with Crippen LogP contribution in [0, 0.1) is 0 Å². The zero-order valence-electron chi connectivity index (χ0n) is 11.1. The third-order valence-electron chi connectivity index (χ3n) is 2.37. The number of carbonyl (C=O) groups is 1. The van der Waals surface area contributed by atoms with Gasteiger partial charge in [0.05, 0.1) is 6.54 Å². The van der Waals surface area contributed by atoms with Crippen LogP contribution in [0.2, 0.25) is 0 Å². The lowest BCUT2D eigenvalue weighted by Crippen LogP contribution is -2.22. The molecule has 0 bridgehead atoms. The first-order valence-electron chi connectivity index (χ1n) is 6.13. The second-order valence-corrected chi connectivity index (χ2v) is 5.18. The molecule has 1 aromatic rings. The van der Waals surface area contributed by atoms with Crippen LogP contribution in [0.5, 0.6) is 0 Å². The summed E-state index contributed by atoms with van der Waals surface area (Å²) in [5.41, 5.74) is 5.62. The number of nitrogens with zero attached hydrogens (tertiary/aromatic N) is 3. The average molecular weight is 271 g/mol. The number of hydrogen-bond donors (Lipinski definition) is 2. The second kappa shape index (κ2) is 7.38. The Hall–Kier alpha value is -1.08. The number of hydrogen-bond acceptors (Lipinski definition) is 5. The number of amides is 1. The van der Waals surface area contributed by atoms with Crippen LogP contribution in [0.15, 0.2) is 5.16 Å². The molecule has 0 aromatic carbocycles. The molecule has 0 spiro atoms. The van der Waals surface area contributed by atoms with Crippen LogP contribution in [0.3, 0.4) is 0 Å². The smallest absolute Gasteiger partial charge is 0.220 e. The lowest BCUT2D eigenvalue weighted by Gasteiger charge is -2.12. The van der Waals surface area contributed by atoms with Crippen molar-refractivity contribution >= 4 is 17.7 Å². The predicted molar refractivity (Wildman–Crippen MR) is 72.3 cm³/mol. The highest BCUT2D eigenvalue weighted by molar-refractivity contribution is 7.99. The fourth-order valence-corrected chi connectivity index (χ4v) is 2.61. The van der Waals surface area contributed by atoms with E-state index in [0.29, 0.717) is 25.3 Å². The van der Waals surface area contributed by atoms with E-state index in [1.54, 1.807) is 0 Å². The Balaban J connectivity index is 2.57. The van der Waals surface area contributed by atoms with Crippen LogP contribution in [0.1, 0.15) is 39.1 Å². The first-order valence-corrected chi connectivity index (χ1v) is 7.12. The molecule has 0 aliphatic rings. The van der Waals surface area contributed by atoms with Gasteiger partial charge in [0.2, 0.25) is 5.91 Å². The minimum atomic E-state index is 0.0691. The van der Waals surface area contributed by atoms with E-state index in [1.807, 2.05) is 11.5 Å². The van der Waals surface area contributed by atoms with E-state index in [2.05, 4.69) is 29.4 Å². The molecule has 0 aliphatic carbocycles. The fraction of sp³-hybridized carbons (Fsp3) is 0.727. The molecule has 7 heteroatoms. The molecule has 18 heavy (non-hydrogen) atoms. The fourth-order valence-electron chi connectivity index (χ4n) is 1.58. The number of nitrogens with two attached hydrogens (primary N) is 1. The first kappa shape index (κ1) is 15.0. The Morgan fingerprint density at radius 2 is 2.22 bits per heavy atom. The van der Waals surface area contributed by atoms with E-state index in [4.69, 9.17) is 5.73 Å². The van der Waals surface area contributed by atoms with Gasteiger partial charge < -0.3 is 15.6 Å². The molecule has 102 valence electrons. The van der Waals surface area contributed by atoms with Gasteiger partial charge in [-0.15, -0.1) is 10.2 Å². The Morgan fingerprint density at radius 1 is 1.50 bits per heavy atom. The highest BCUT2D eigenvalue weighted by Gasteiger charge is 2.14. The normalized spacial score (nSPS) is 10.9. The van der Waals surface area contributed by atoms with Gasteiger partial charge in [-0.1, -0.05) is 11.8 Å². The van der Waals surface area contributed by atoms with E-state index < -0.39 is 0 Å². The maximum Gasteiger partial charge on any atom is 0.220 e. The summed E-state index contributed by atoms with van der Waals surface area (Å²) in [7, 11) is 0. The molecule has 1 amide bonds. The molecule has 0 aliphatic heterocycles. The van der Waals surface area contributed by atoms with Crippen molar-refractivity contribution in [2.45, 2.75) is 44.9 Å². The summed E-state index contributed by atoms with van der Waals surface area (Å²) >= 11 is 1.54. The van der Waals surface area contributed by atoms with Crippen molar-refractivity contribution in [3.05, 3.63) is 5.82 Å². The number of thioether (sulfide) groups is 1. The van der Waals surface area contributed by atoms with E-state index in [-0.39, 0.29) is 11.9 Å². The molecule has 6 nitrogen and oxygen atoms in total. The summed E-state index contributed by atoms with van der Waals surface area (Å²) in [4.78, 5) is 11.3. The molecule has 0 unspecified atom stereocenters. The standard InChI is InChI=1S/C11H21N5OS/c1-4-13-10(17)5-6-18-11-15-14-9(7-12)16(11)8(2)3/h8H,4-7,12H2,1-3H3,(H,13,17). The van der Waals surface area contributed by atoms with Gasteiger partial charge in [-0.3, -0.25) is 4.79 Å². The Bertz CT molecular complexity index is 391. The van der Waals surface area contributed by atoms with E-state index >= 15 is 0 Å². The van der Waals surface area contributed by atoms with Gasteiger partial charge in [-0.2, -0.15) is 0 Å². The monoisotopic (exact) mass is 271 g/mol. The van der Waals surface area contributed by atoms with E-state index in [0.717, 1.165) is 11.0 Å². The molecule has 1 aromatic heterocycles. The maximum atomic E-state index is 11.3. The highest BCUT2D eigenvalue weighted by Crippen LogP contribution is 2.21. The van der Waals surface area contributed by atoms with Crippen molar-refractivity contribution in [3.63, 3.8) is 0 Å². The minimum absolute atomic E-state index is 0.0691. The van der Waals surface area contributed by atoms with Gasteiger partial charge in [-0.05, 0) is 20.8 Å². The zero-order valence-corrected chi connectivity index (χ0v) is 12.0. The summed E-state index contributed by atoms with van der Waals surface area (Å²) in [5, 5.41) is 11.8. The summed E-state index contributed by atoms with van der Waals surface area (Å²) < 4.78 is 2.02. The molecule has 0 saturated carbocycles. The van der Waals surface area contributed by atoms with Gasteiger partial charge in [0.25, 0.3) is 0 Å². The van der Waals surface area contributed by atoms with Crippen molar-refractivity contribution in [3.8, 4) is 0 Å². The molecule has 1 heterocycles. The van der Waals surface area contributed by atoms with Crippen molar-refractivity contribution in [2.24, 2.45) is 5.73 Å². The van der Waals surface area contributed by atoms with Crippen molar-refractivity contribution in [2.75, 3.05) is 12.3 Å². The van der Waals surface area contributed by atoms with Crippen molar-refractivity contribution < 1.29 is 4.79 Å². The molecule has 0 fully saturated rings. The van der Waals surface area contributed by atoms with Gasteiger partial charge in [0.1, 0.15) is 5.82 Å². The molecule has 3 N–H and O–H groups in total. The lowest BCUT2D eigenvalue weighted by atomic mass is 10.4. The minimum Gasteiger partial charge on any atom is -0.356 e. The van der Waals surface area contributed by atoms with Crippen LogP contribution in [0.4, 0.5) is 0 Å². The lowest BCUT2D eigenvalue weighted by molar-refractivity contribution is -0.120. The summed E-state index contributed by atoms with van der Waals surface area (Å²) in [5.74, 6) is 1.55. The molecule has 0 radical (unpaired) electrons. The first-order chi connectivity index (χ1) is 8.60. The van der Waals surface area contributed by atoms with E-state index in [9.17, 15) is 4.79 Å². The molecule has 1 rings (SSSR count). The van der Waals surface area contributed by atoms with Crippen LogP contribution < -0.4 is 11.1 Å². The van der Waals surface area contributed by atoms with Gasteiger partial charge in [0.15, 0.2) is 5.16 Å². The van der Waals surface area contributed by atoms with Gasteiger partial charge in [-0.25, -0.2) is 0 Å². The van der Waals surface area contributed by atoms with Crippen LogP contribution in [0.25, 0.3) is 0 Å². The number of nitrogens with one attached hydrogen (secondary N) is 1. The van der Waals surface area contributed by atoms with Gasteiger partial charge >= 0.3 is 0 Å². The molecule has 0 saturated heterocycles. The third-order valence-corrected chi connectivity index (χ3v) is 3.31. The molecule has 0 atom stereocenters. The summed E-state index contributed by atoms with van der Waals surface area (Å²) in [6.07, 6.45) is 0.488. The van der Waals surface area contributed by atoms with Crippen molar-refractivity contribution in [1.82, 2.24) is 20.1 Å².